The molecule has 0 saturated carbocycles. The molecule has 0 aliphatic rings. The molecule has 2 aromatic rings. The van der Waals surface area contributed by atoms with E-state index in [1.807, 2.05) is 0 Å². The van der Waals surface area contributed by atoms with E-state index in [9.17, 15) is 19.8 Å². The lowest BCUT2D eigenvalue weighted by Gasteiger charge is -2.13. The van der Waals surface area contributed by atoms with Crippen LogP contribution >= 0.6 is 0 Å². The summed E-state index contributed by atoms with van der Waals surface area (Å²) in [5, 5.41) is 19.5. The van der Waals surface area contributed by atoms with Gasteiger partial charge >= 0.3 is 0 Å². The first-order chi connectivity index (χ1) is 11.4. The summed E-state index contributed by atoms with van der Waals surface area (Å²) in [6.45, 7) is 2.86. The van der Waals surface area contributed by atoms with Crippen LogP contribution in [0.3, 0.4) is 0 Å². The molecular weight excluding hydrogens is 312 g/mol. The summed E-state index contributed by atoms with van der Waals surface area (Å²) >= 11 is 0. The fourth-order valence-corrected chi connectivity index (χ4v) is 2.29. The Morgan fingerprint density at radius 1 is 0.792 bits per heavy atom. The molecule has 0 unspecified atom stereocenters. The third-order valence-corrected chi connectivity index (χ3v) is 3.31. The minimum absolute atomic E-state index is 0.0940. The average molecular weight is 330 g/mol. The van der Waals surface area contributed by atoms with Crippen LogP contribution in [-0.2, 0) is 0 Å². The van der Waals surface area contributed by atoms with E-state index >= 15 is 0 Å². The number of ether oxygens (including phenoxy) is 2. The summed E-state index contributed by atoms with van der Waals surface area (Å²) in [6.07, 6.45) is 0. The molecule has 0 aliphatic heterocycles. The summed E-state index contributed by atoms with van der Waals surface area (Å²) in [7, 11) is 0. The van der Waals surface area contributed by atoms with Crippen molar-refractivity contribution in [1.29, 1.82) is 0 Å². The first-order valence-corrected chi connectivity index (χ1v) is 7.33. The molecule has 0 spiro atoms. The Balaban J connectivity index is 2.03. The first-order valence-electron chi connectivity index (χ1n) is 7.33. The second-order valence-corrected chi connectivity index (χ2v) is 5.11. The van der Waals surface area contributed by atoms with Crippen molar-refractivity contribution < 1.29 is 29.3 Å². The van der Waals surface area contributed by atoms with Gasteiger partial charge in [0.05, 0.1) is 0 Å². The van der Waals surface area contributed by atoms with E-state index in [1.165, 1.54) is 26.0 Å². The molecule has 0 amide bonds. The second kappa shape index (κ2) is 7.50. The topological polar surface area (TPSA) is 93.1 Å². The number of benzene rings is 2. The largest absolute Gasteiger partial charge is 0.507 e. The first kappa shape index (κ1) is 17.3. The molecule has 126 valence electrons. The van der Waals surface area contributed by atoms with Crippen LogP contribution in [0, 0.1) is 0 Å². The van der Waals surface area contributed by atoms with E-state index in [2.05, 4.69) is 0 Å². The number of carbonyl (C=O) groups excluding carboxylic acids is 2. The van der Waals surface area contributed by atoms with E-state index < -0.39 is 0 Å². The maximum absolute atomic E-state index is 11.6. The lowest BCUT2D eigenvalue weighted by atomic mass is 10.1. The molecule has 0 radical (unpaired) electrons. The number of Topliss-reactive ketones (excluding diaryl/α,β-unsaturated/α-hetero) is 2. The molecule has 0 bridgehead atoms. The Labute approximate surface area is 139 Å². The predicted octanol–water partition coefficient (Wildman–Crippen LogP) is 2.96. The van der Waals surface area contributed by atoms with Crippen LogP contribution in [0.4, 0.5) is 0 Å². The zero-order valence-electron chi connectivity index (χ0n) is 13.4. The van der Waals surface area contributed by atoms with Gasteiger partial charge in [-0.1, -0.05) is 12.1 Å². The van der Waals surface area contributed by atoms with Crippen molar-refractivity contribution in [3.8, 4) is 23.0 Å². The molecular formula is C18H18O6. The molecule has 6 heteroatoms. The molecule has 0 saturated heterocycles. The van der Waals surface area contributed by atoms with Gasteiger partial charge in [-0.3, -0.25) is 9.59 Å². The van der Waals surface area contributed by atoms with Crippen LogP contribution in [0.1, 0.15) is 34.6 Å². The molecule has 24 heavy (non-hydrogen) atoms. The molecule has 0 aromatic heterocycles. The summed E-state index contributed by atoms with van der Waals surface area (Å²) in [5.74, 6) is -0.394. The summed E-state index contributed by atoms with van der Waals surface area (Å²) in [6, 6.07) is 9.11. The third kappa shape index (κ3) is 3.84. The van der Waals surface area contributed by atoms with Crippen molar-refractivity contribution in [2.45, 2.75) is 13.8 Å². The number of phenolic OH excluding ortho intramolecular Hbond substituents is 2. The lowest BCUT2D eigenvalue weighted by Crippen LogP contribution is -2.12. The van der Waals surface area contributed by atoms with Crippen LogP contribution in [0.5, 0.6) is 23.0 Å². The maximum Gasteiger partial charge on any atom is 0.167 e. The van der Waals surface area contributed by atoms with Gasteiger partial charge in [0.1, 0.15) is 47.3 Å². The van der Waals surface area contributed by atoms with Crippen LogP contribution in [0.15, 0.2) is 36.4 Å². The van der Waals surface area contributed by atoms with Crippen LogP contribution in [0.2, 0.25) is 0 Å². The molecule has 2 rings (SSSR count). The van der Waals surface area contributed by atoms with Gasteiger partial charge < -0.3 is 19.7 Å². The summed E-state index contributed by atoms with van der Waals surface area (Å²) in [4.78, 5) is 23.1. The SMILES string of the molecule is CC(=O)c1c(O)cccc1OCCOc1cccc(O)c1C(C)=O. The number of rotatable bonds is 7. The van der Waals surface area contributed by atoms with Crippen LogP contribution < -0.4 is 9.47 Å². The normalized spacial score (nSPS) is 10.2. The van der Waals surface area contributed by atoms with Gasteiger partial charge in [0.25, 0.3) is 0 Å². The summed E-state index contributed by atoms with van der Waals surface area (Å²) < 4.78 is 11.0. The number of hydrogen-bond acceptors (Lipinski definition) is 6. The fourth-order valence-electron chi connectivity index (χ4n) is 2.29. The number of phenols is 2. The number of ketones is 2. The number of aromatic hydroxyl groups is 2. The van der Waals surface area contributed by atoms with Crippen LogP contribution in [0.25, 0.3) is 0 Å². The average Bonchev–Trinajstić information content (AvgIpc) is 2.50. The van der Waals surface area contributed by atoms with E-state index in [1.54, 1.807) is 24.3 Å². The molecule has 0 atom stereocenters. The van der Waals surface area contributed by atoms with Crippen LogP contribution in [-0.4, -0.2) is 35.0 Å². The van der Waals surface area contributed by atoms with Gasteiger partial charge in [-0.25, -0.2) is 0 Å². The smallest absolute Gasteiger partial charge is 0.167 e. The zero-order valence-corrected chi connectivity index (χ0v) is 13.4. The Kier molecular flexibility index (Phi) is 5.42. The number of hydrogen-bond donors (Lipinski definition) is 2. The molecule has 0 aliphatic carbocycles. The van der Waals surface area contributed by atoms with Gasteiger partial charge in [0.2, 0.25) is 0 Å². The Bertz CT molecular complexity index is 701. The van der Waals surface area contributed by atoms with Gasteiger partial charge in [-0.2, -0.15) is 0 Å². The second-order valence-electron chi connectivity index (χ2n) is 5.11. The van der Waals surface area contributed by atoms with E-state index in [0.29, 0.717) is 0 Å². The van der Waals surface area contributed by atoms with E-state index in [0.717, 1.165) is 0 Å². The minimum Gasteiger partial charge on any atom is -0.507 e. The zero-order chi connectivity index (χ0) is 17.7. The number of carbonyl (C=O) groups is 2. The monoisotopic (exact) mass is 330 g/mol. The molecule has 0 fully saturated rings. The van der Waals surface area contributed by atoms with Crippen molar-refractivity contribution in [2.75, 3.05) is 13.2 Å². The van der Waals surface area contributed by atoms with E-state index in [4.69, 9.17) is 9.47 Å². The Morgan fingerprint density at radius 2 is 1.17 bits per heavy atom. The standard InChI is InChI=1S/C18H18O6/c1-11(19)17-13(21)5-3-7-15(17)23-9-10-24-16-8-4-6-14(22)18(16)12(2)20/h3-8,21-22H,9-10H2,1-2H3. The van der Waals surface area contributed by atoms with Gasteiger partial charge in [0.15, 0.2) is 11.6 Å². The summed E-state index contributed by atoms with van der Waals surface area (Å²) in [5.41, 5.74) is 0.221. The Morgan fingerprint density at radius 3 is 1.50 bits per heavy atom. The molecule has 2 aromatic carbocycles. The van der Waals surface area contributed by atoms with Crippen molar-refractivity contribution in [1.82, 2.24) is 0 Å². The van der Waals surface area contributed by atoms with E-state index in [-0.39, 0.29) is 58.9 Å². The molecule has 6 nitrogen and oxygen atoms in total. The predicted molar refractivity (Wildman–Crippen MR) is 87.2 cm³/mol. The van der Waals surface area contributed by atoms with Gasteiger partial charge in [0, 0.05) is 0 Å². The molecule has 2 N–H and O–H groups in total. The fraction of sp³-hybridized carbons (Fsp3) is 0.222. The van der Waals surface area contributed by atoms with Gasteiger partial charge in [-0.15, -0.1) is 0 Å². The lowest BCUT2D eigenvalue weighted by molar-refractivity contribution is 0.0993. The highest BCUT2D eigenvalue weighted by Crippen LogP contribution is 2.29. The van der Waals surface area contributed by atoms with Crippen molar-refractivity contribution >= 4 is 11.6 Å². The maximum atomic E-state index is 11.6. The highest BCUT2D eigenvalue weighted by molar-refractivity contribution is 6.00. The highest BCUT2D eigenvalue weighted by atomic mass is 16.5. The van der Waals surface area contributed by atoms with Crippen molar-refractivity contribution in [3.05, 3.63) is 47.5 Å². The highest BCUT2D eigenvalue weighted by Gasteiger charge is 2.15. The molecule has 0 heterocycles. The quantitative estimate of drug-likeness (QED) is 0.599. The minimum atomic E-state index is -0.309. The third-order valence-electron chi connectivity index (χ3n) is 3.31. The van der Waals surface area contributed by atoms with Crippen molar-refractivity contribution in [3.63, 3.8) is 0 Å². The van der Waals surface area contributed by atoms with Crippen molar-refractivity contribution in [2.24, 2.45) is 0 Å². The van der Waals surface area contributed by atoms with Gasteiger partial charge in [-0.05, 0) is 38.1 Å². The Hall–Kier alpha value is -3.02.